The van der Waals surface area contributed by atoms with Crippen molar-refractivity contribution in [2.24, 2.45) is 5.92 Å². The molecule has 0 heterocycles. The fourth-order valence-corrected chi connectivity index (χ4v) is 1.46. The number of carbonyl (C=O) groups excluding carboxylic acids is 1. The summed E-state index contributed by atoms with van der Waals surface area (Å²) in [5.41, 5.74) is 1.81. The van der Waals surface area contributed by atoms with E-state index in [1.165, 1.54) is 0 Å². The Morgan fingerprint density at radius 3 is 2.25 bits per heavy atom. The van der Waals surface area contributed by atoms with E-state index in [1.54, 1.807) is 6.92 Å². The molecule has 0 spiro atoms. The van der Waals surface area contributed by atoms with Gasteiger partial charge in [0, 0.05) is 25.3 Å². The van der Waals surface area contributed by atoms with Crippen LogP contribution < -0.4 is 4.90 Å². The first kappa shape index (κ1) is 12.3. The number of hydrogen-bond acceptors (Lipinski definition) is 2. The molecule has 1 rings (SSSR count). The minimum atomic E-state index is -0.227. The second-order valence-corrected chi connectivity index (χ2v) is 3.92. The molecule has 0 aliphatic rings. The molecule has 0 radical (unpaired) electrons. The molecule has 0 N–H and O–H groups in total. The van der Waals surface area contributed by atoms with Crippen LogP contribution in [0.1, 0.15) is 24.2 Å². The highest BCUT2D eigenvalue weighted by atomic mass is 16.1. The second-order valence-electron chi connectivity index (χ2n) is 3.92. The topological polar surface area (TPSA) is 20.3 Å². The molecule has 0 aliphatic carbocycles. The molecule has 2 nitrogen and oxygen atoms in total. The van der Waals surface area contributed by atoms with Crippen molar-refractivity contribution in [3.8, 4) is 11.8 Å². The number of Topliss-reactive ketones (excluding diaryl/α,β-unsaturated/α-hetero) is 1. The number of benzene rings is 1. The summed E-state index contributed by atoms with van der Waals surface area (Å²) < 4.78 is 0. The number of nitrogens with zero attached hydrogens (tertiary/aromatic N) is 1. The Morgan fingerprint density at radius 1 is 1.25 bits per heavy atom. The van der Waals surface area contributed by atoms with E-state index in [0.29, 0.717) is 0 Å². The van der Waals surface area contributed by atoms with Crippen molar-refractivity contribution in [1.29, 1.82) is 0 Å². The SMILES string of the molecule is CC#CC(C)C(=O)c1ccc(N(C)C)cc1. The lowest BCUT2D eigenvalue weighted by molar-refractivity contribution is 0.0957. The van der Waals surface area contributed by atoms with Crippen molar-refractivity contribution in [2.45, 2.75) is 13.8 Å². The summed E-state index contributed by atoms with van der Waals surface area (Å²) in [5.74, 6) is 5.50. The van der Waals surface area contributed by atoms with Gasteiger partial charge in [0.15, 0.2) is 5.78 Å². The van der Waals surface area contributed by atoms with Crippen molar-refractivity contribution in [2.75, 3.05) is 19.0 Å². The van der Waals surface area contributed by atoms with Gasteiger partial charge in [-0.3, -0.25) is 4.79 Å². The third-order valence-corrected chi connectivity index (χ3v) is 2.42. The van der Waals surface area contributed by atoms with E-state index >= 15 is 0 Å². The predicted molar refractivity (Wildman–Crippen MR) is 67.7 cm³/mol. The van der Waals surface area contributed by atoms with Crippen LogP contribution in [0.15, 0.2) is 24.3 Å². The lowest BCUT2D eigenvalue weighted by Crippen LogP contribution is -2.11. The predicted octanol–water partition coefficient (Wildman–Crippen LogP) is 2.59. The molecule has 1 atom stereocenters. The Morgan fingerprint density at radius 2 is 1.81 bits per heavy atom. The van der Waals surface area contributed by atoms with E-state index < -0.39 is 0 Å². The number of hydrogen-bond donors (Lipinski definition) is 0. The first-order chi connectivity index (χ1) is 7.56. The second kappa shape index (κ2) is 5.37. The lowest BCUT2D eigenvalue weighted by atomic mass is 9.99. The van der Waals surface area contributed by atoms with Crippen molar-refractivity contribution in [3.05, 3.63) is 29.8 Å². The van der Waals surface area contributed by atoms with E-state index in [1.807, 2.05) is 50.2 Å². The maximum Gasteiger partial charge on any atom is 0.177 e. The first-order valence-electron chi connectivity index (χ1n) is 5.30. The molecule has 0 fully saturated rings. The van der Waals surface area contributed by atoms with Gasteiger partial charge in [-0.2, -0.15) is 0 Å². The lowest BCUT2D eigenvalue weighted by Gasteiger charge is -2.12. The van der Waals surface area contributed by atoms with E-state index in [9.17, 15) is 4.79 Å². The van der Waals surface area contributed by atoms with Crippen LogP contribution in [0.3, 0.4) is 0 Å². The zero-order valence-electron chi connectivity index (χ0n) is 10.2. The van der Waals surface area contributed by atoms with Crippen LogP contribution in [0.2, 0.25) is 0 Å². The fraction of sp³-hybridized carbons (Fsp3) is 0.357. The molecule has 16 heavy (non-hydrogen) atoms. The molecule has 0 bridgehead atoms. The van der Waals surface area contributed by atoms with Gasteiger partial charge in [0.25, 0.3) is 0 Å². The molecule has 0 aromatic heterocycles. The largest absolute Gasteiger partial charge is 0.378 e. The van der Waals surface area contributed by atoms with Gasteiger partial charge in [-0.15, -0.1) is 5.92 Å². The van der Waals surface area contributed by atoms with E-state index in [4.69, 9.17) is 0 Å². The summed E-state index contributed by atoms with van der Waals surface area (Å²) in [5, 5.41) is 0. The van der Waals surface area contributed by atoms with Crippen molar-refractivity contribution < 1.29 is 4.79 Å². The van der Waals surface area contributed by atoms with Crippen molar-refractivity contribution in [3.63, 3.8) is 0 Å². The van der Waals surface area contributed by atoms with Crippen molar-refractivity contribution >= 4 is 11.5 Å². The fourth-order valence-electron chi connectivity index (χ4n) is 1.46. The summed E-state index contributed by atoms with van der Waals surface area (Å²) in [6.07, 6.45) is 0. The van der Waals surface area contributed by atoms with Gasteiger partial charge >= 0.3 is 0 Å². The maximum atomic E-state index is 11.9. The normalized spacial score (nSPS) is 11.2. The van der Waals surface area contributed by atoms with Gasteiger partial charge in [-0.25, -0.2) is 0 Å². The molecule has 0 saturated carbocycles. The van der Waals surface area contributed by atoms with Crippen LogP contribution in [-0.2, 0) is 0 Å². The molecule has 0 aliphatic heterocycles. The molecule has 1 aromatic carbocycles. The monoisotopic (exact) mass is 215 g/mol. The van der Waals surface area contributed by atoms with Gasteiger partial charge in [0.05, 0.1) is 5.92 Å². The minimum Gasteiger partial charge on any atom is -0.378 e. The molecule has 84 valence electrons. The highest BCUT2D eigenvalue weighted by Gasteiger charge is 2.12. The molecule has 2 heteroatoms. The number of anilines is 1. The summed E-state index contributed by atoms with van der Waals surface area (Å²) in [6, 6.07) is 7.59. The zero-order valence-corrected chi connectivity index (χ0v) is 10.2. The molecule has 1 aromatic rings. The average molecular weight is 215 g/mol. The highest BCUT2D eigenvalue weighted by Crippen LogP contribution is 2.14. The highest BCUT2D eigenvalue weighted by molar-refractivity contribution is 5.99. The number of carbonyl (C=O) groups is 1. The smallest absolute Gasteiger partial charge is 0.177 e. The molecular weight excluding hydrogens is 198 g/mol. The molecule has 0 saturated heterocycles. The van der Waals surface area contributed by atoms with Crippen LogP contribution in [0.5, 0.6) is 0 Å². The Hall–Kier alpha value is -1.75. The van der Waals surface area contributed by atoms with Crippen LogP contribution in [0.4, 0.5) is 5.69 Å². The summed E-state index contributed by atoms with van der Waals surface area (Å²) in [7, 11) is 3.95. The van der Waals surface area contributed by atoms with Crippen LogP contribution in [0, 0.1) is 17.8 Å². The van der Waals surface area contributed by atoms with Gasteiger partial charge in [-0.05, 0) is 38.1 Å². The summed E-state index contributed by atoms with van der Waals surface area (Å²) in [4.78, 5) is 13.9. The number of ketones is 1. The summed E-state index contributed by atoms with van der Waals surface area (Å²) >= 11 is 0. The third-order valence-electron chi connectivity index (χ3n) is 2.42. The Kier molecular flexibility index (Phi) is 4.13. The maximum absolute atomic E-state index is 11.9. The van der Waals surface area contributed by atoms with Crippen LogP contribution in [0.25, 0.3) is 0 Å². The van der Waals surface area contributed by atoms with E-state index in [0.717, 1.165) is 11.3 Å². The first-order valence-corrected chi connectivity index (χ1v) is 5.30. The Balaban J connectivity index is 2.88. The summed E-state index contributed by atoms with van der Waals surface area (Å²) in [6.45, 7) is 3.58. The minimum absolute atomic E-state index is 0.0830. The Bertz CT molecular complexity index is 420. The van der Waals surface area contributed by atoms with E-state index in [-0.39, 0.29) is 11.7 Å². The third kappa shape index (κ3) is 2.87. The van der Waals surface area contributed by atoms with Gasteiger partial charge in [0.2, 0.25) is 0 Å². The van der Waals surface area contributed by atoms with Crippen LogP contribution in [-0.4, -0.2) is 19.9 Å². The molecule has 1 unspecified atom stereocenters. The number of rotatable bonds is 3. The molecular formula is C14H17NO. The quantitative estimate of drug-likeness (QED) is 0.570. The van der Waals surface area contributed by atoms with Gasteiger partial charge in [-0.1, -0.05) is 5.92 Å². The zero-order chi connectivity index (χ0) is 12.1. The van der Waals surface area contributed by atoms with E-state index in [2.05, 4.69) is 11.8 Å². The van der Waals surface area contributed by atoms with Gasteiger partial charge in [0.1, 0.15) is 0 Å². The van der Waals surface area contributed by atoms with Crippen LogP contribution >= 0.6 is 0 Å². The average Bonchev–Trinajstić information content (AvgIpc) is 2.28. The van der Waals surface area contributed by atoms with Crippen molar-refractivity contribution in [1.82, 2.24) is 0 Å². The standard InChI is InChI=1S/C14H17NO/c1-5-6-11(2)14(16)12-7-9-13(10-8-12)15(3)4/h7-11H,1-4H3. The van der Waals surface area contributed by atoms with Gasteiger partial charge < -0.3 is 4.90 Å². The molecule has 0 amide bonds. The Labute approximate surface area is 97.3 Å².